The summed E-state index contributed by atoms with van der Waals surface area (Å²) in [5.74, 6) is 1.05. The second kappa shape index (κ2) is 8.31. The summed E-state index contributed by atoms with van der Waals surface area (Å²) in [7, 11) is 0. The molecule has 2 heterocycles. The molecule has 0 saturated carbocycles. The van der Waals surface area contributed by atoms with E-state index in [4.69, 9.17) is 4.42 Å². The van der Waals surface area contributed by atoms with Crippen LogP contribution in [0.3, 0.4) is 0 Å². The molecule has 2 aromatic heterocycles. The number of hydrogen-bond donors (Lipinski definition) is 1. The maximum Gasteiger partial charge on any atom is 0.230 e. The van der Waals surface area contributed by atoms with Crippen molar-refractivity contribution in [2.75, 3.05) is 5.75 Å². The minimum Gasteiger partial charge on any atom is -0.467 e. The fraction of sp³-hybridized carbons (Fsp3) is 0.190. The fourth-order valence-electron chi connectivity index (χ4n) is 3.01. The van der Waals surface area contributed by atoms with Crippen LogP contribution in [-0.2, 0) is 11.3 Å². The van der Waals surface area contributed by atoms with Crippen molar-refractivity contribution in [3.8, 4) is 0 Å². The first-order valence-electron chi connectivity index (χ1n) is 9.00. The largest absolute Gasteiger partial charge is 0.467 e. The molecule has 142 valence electrons. The molecule has 6 nitrogen and oxygen atoms in total. The molecule has 0 saturated heterocycles. The van der Waals surface area contributed by atoms with Gasteiger partial charge >= 0.3 is 0 Å². The minimum absolute atomic E-state index is 0.0433. The zero-order valence-electron chi connectivity index (χ0n) is 15.4. The Morgan fingerprint density at radius 1 is 1.18 bits per heavy atom. The molecule has 0 spiro atoms. The molecule has 2 aromatic carbocycles. The molecule has 1 atom stereocenters. The molecule has 0 aliphatic rings. The molecule has 1 unspecified atom stereocenters. The van der Waals surface area contributed by atoms with Crippen LogP contribution >= 0.6 is 11.8 Å². The van der Waals surface area contributed by atoms with E-state index in [9.17, 15) is 4.79 Å². The number of carbonyl (C=O) groups is 1. The van der Waals surface area contributed by atoms with Crippen LogP contribution in [0, 0.1) is 0 Å². The predicted molar refractivity (Wildman–Crippen MR) is 109 cm³/mol. The van der Waals surface area contributed by atoms with Crippen molar-refractivity contribution >= 4 is 28.4 Å². The second-order valence-electron chi connectivity index (χ2n) is 6.51. The number of benzene rings is 2. The third kappa shape index (κ3) is 4.26. The minimum atomic E-state index is -0.0707. The van der Waals surface area contributed by atoms with Crippen molar-refractivity contribution in [3.63, 3.8) is 0 Å². The lowest BCUT2D eigenvalue weighted by Gasteiger charge is -2.15. The maximum atomic E-state index is 12.4. The normalized spacial score (nSPS) is 12.2. The van der Waals surface area contributed by atoms with Gasteiger partial charge in [-0.25, -0.2) is 0 Å². The maximum absolute atomic E-state index is 12.4. The Morgan fingerprint density at radius 3 is 2.86 bits per heavy atom. The summed E-state index contributed by atoms with van der Waals surface area (Å²) in [6, 6.07) is 18.1. The first kappa shape index (κ1) is 18.3. The van der Waals surface area contributed by atoms with E-state index in [1.54, 1.807) is 12.6 Å². The van der Waals surface area contributed by atoms with Gasteiger partial charge in [-0.05, 0) is 41.5 Å². The van der Waals surface area contributed by atoms with E-state index in [1.807, 2.05) is 35.8 Å². The van der Waals surface area contributed by atoms with Crippen LogP contribution in [0.25, 0.3) is 10.8 Å². The topological polar surface area (TPSA) is 73.0 Å². The van der Waals surface area contributed by atoms with Crippen LogP contribution in [0.1, 0.15) is 24.3 Å². The molecular weight excluding hydrogens is 372 g/mol. The number of rotatable bonds is 7. The van der Waals surface area contributed by atoms with Gasteiger partial charge in [0.25, 0.3) is 0 Å². The quantitative estimate of drug-likeness (QED) is 0.481. The number of aromatic nitrogens is 3. The van der Waals surface area contributed by atoms with Gasteiger partial charge < -0.3 is 14.3 Å². The molecule has 7 heteroatoms. The van der Waals surface area contributed by atoms with E-state index in [0.717, 1.165) is 11.3 Å². The molecule has 4 aromatic rings. The van der Waals surface area contributed by atoms with Crippen LogP contribution in [-0.4, -0.2) is 26.4 Å². The van der Waals surface area contributed by atoms with Crippen molar-refractivity contribution in [1.82, 2.24) is 20.1 Å². The highest BCUT2D eigenvalue weighted by molar-refractivity contribution is 7.99. The SMILES string of the molecule is CC(NC(=O)CSc1nncn1Cc1ccco1)c1ccc2ccccc2c1. The lowest BCUT2D eigenvalue weighted by molar-refractivity contribution is -0.119. The number of furan rings is 1. The Kier molecular flexibility index (Phi) is 5.43. The molecule has 0 aliphatic heterocycles. The van der Waals surface area contributed by atoms with Crippen molar-refractivity contribution in [3.05, 3.63) is 78.5 Å². The molecule has 0 fully saturated rings. The summed E-state index contributed by atoms with van der Waals surface area (Å²) >= 11 is 1.36. The number of fused-ring (bicyclic) bond motifs is 1. The predicted octanol–water partition coefficient (Wildman–Crippen LogP) is 4.04. The van der Waals surface area contributed by atoms with E-state index in [2.05, 4.69) is 45.8 Å². The van der Waals surface area contributed by atoms with Gasteiger partial charge in [-0.1, -0.05) is 48.2 Å². The highest BCUT2D eigenvalue weighted by Crippen LogP contribution is 2.21. The summed E-state index contributed by atoms with van der Waals surface area (Å²) in [5.41, 5.74) is 1.08. The smallest absolute Gasteiger partial charge is 0.230 e. The fourth-order valence-corrected chi connectivity index (χ4v) is 3.73. The third-order valence-electron chi connectivity index (χ3n) is 4.47. The molecule has 1 N–H and O–H groups in total. The van der Waals surface area contributed by atoms with E-state index in [-0.39, 0.29) is 17.7 Å². The molecular formula is C21H20N4O2S. The second-order valence-corrected chi connectivity index (χ2v) is 7.45. The summed E-state index contributed by atoms with van der Waals surface area (Å²) in [6.45, 7) is 2.53. The van der Waals surface area contributed by atoms with Gasteiger partial charge in [0.05, 0.1) is 24.6 Å². The summed E-state index contributed by atoms with van der Waals surface area (Å²) in [5, 5.41) is 14.1. The van der Waals surface area contributed by atoms with E-state index < -0.39 is 0 Å². The molecule has 0 aliphatic carbocycles. The van der Waals surface area contributed by atoms with Crippen LogP contribution in [0.5, 0.6) is 0 Å². The first-order valence-corrected chi connectivity index (χ1v) is 9.98. The van der Waals surface area contributed by atoms with Gasteiger partial charge in [0.15, 0.2) is 5.16 Å². The lowest BCUT2D eigenvalue weighted by Crippen LogP contribution is -2.28. The average Bonchev–Trinajstić information content (AvgIpc) is 3.38. The number of hydrogen-bond acceptors (Lipinski definition) is 5. The van der Waals surface area contributed by atoms with Gasteiger partial charge in [-0.2, -0.15) is 0 Å². The van der Waals surface area contributed by atoms with E-state index in [1.165, 1.54) is 22.5 Å². The zero-order chi connectivity index (χ0) is 19.3. The monoisotopic (exact) mass is 392 g/mol. The summed E-state index contributed by atoms with van der Waals surface area (Å²) in [4.78, 5) is 12.4. The Labute approximate surface area is 167 Å². The molecule has 28 heavy (non-hydrogen) atoms. The van der Waals surface area contributed by atoms with E-state index >= 15 is 0 Å². The summed E-state index contributed by atoms with van der Waals surface area (Å²) < 4.78 is 7.22. The van der Waals surface area contributed by atoms with Crippen LogP contribution in [0.15, 0.2) is 76.8 Å². The van der Waals surface area contributed by atoms with Gasteiger partial charge in [-0.3, -0.25) is 4.79 Å². The van der Waals surface area contributed by atoms with Crippen LogP contribution in [0.4, 0.5) is 0 Å². The average molecular weight is 392 g/mol. The van der Waals surface area contributed by atoms with Gasteiger partial charge in [0.2, 0.25) is 5.91 Å². The Bertz CT molecular complexity index is 1070. The van der Waals surface area contributed by atoms with Gasteiger partial charge in [0.1, 0.15) is 12.1 Å². The number of nitrogens with one attached hydrogen (secondary N) is 1. The molecule has 0 bridgehead atoms. The van der Waals surface area contributed by atoms with Crippen molar-refractivity contribution < 1.29 is 9.21 Å². The Balaban J connectivity index is 1.34. The lowest BCUT2D eigenvalue weighted by atomic mass is 10.0. The zero-order valence-corrected chi connectivity index (χ0v) is 16.2. The number of thioether (sulfide) groups is 1. The number of amides is 1. The standard InChI is InChI=1S/C21H20N4O2S/c1-15(17-9-8-16-5-2-3-6-18(16)11-17)23-20(26)13-28-21-24-22-14-25(21)12-19-7-4-10-27-19/h2-11,14-15H,12-13H2,1H3,(H,23,26). The number of carbonyl (C=O) groups excluding carboxylic acids is 1. The summed E-state index contributed by atoms with van der Waals surface area (Å²) in [6.07, 6.45) is 3.27. The molecule has 4 rings (SSSR count). The van der Waals surface area contributed by atoms with E-state index in [0.29, 0.717) is 11.7 Å². The van der Waals surface area contributed by atoms with Crippen LogP contribution in [0.2, 0.25) is 0 Å². The van der Waals surface area contributed by atoms with Gasteiger partial charge in [-0.15, -0.1) is 10.2 Å². The molecule has 0 radical (unpaired) electrons. The highest BCUT2D eigenvalue weighted by Gasteiger charge is 2.13. The molecule has 1 amide bonds. The van der Waals surface area contributed by atoms with Crippen molar-refractivity contribution in [2.24, 2.45) is 0 Å². The number of nitrogens with zero attached hydrogens (tertiary/aromatic N) is 3. The Hall–Kier alpha value is -3.06. The first-order chi connectivity index (χ1) is 13.7. The Morgan fingerprint density at radius 2 is 2.04 bits per heavy atom. The van der Waals surface area contributed by atoms with Crippen molar-refractivity contribution in [2.45, 2.75) is 24.7 Å². The van der Waals surface area contributed by atoms with Crippen LogP contribution < -0.4 is 5.32 Å². The third-order valence-corrected chi connectivity index (χ3v) is 5.45. The highest BCUT2D eigenvalue weighted by atomic mass is 32.2. The van der Waals surface area contributed by atoms with Gasteiger partial charge in [0, 0.05) is 0 Å². The van der Waals surface area contributed by atoms with Crippen molar-refractivity contribution in [1.29, 1.82) is 0 Å².